The van der Waals surface area contributed by atoms with Gasteiger partial charge in [-0.1, -0.05) is 75.7 Å². The molecular formula is C20H25Cl. The zero-order valence-electron chi connectivity index (χ0n) is 13.5. The molecule has 2 aromatic rings. The molecule has 0 fully saturated rings. The maximum atomic E-state index is 5.98. The molecule has 0 N–H and O–H groups in total. The fourth-order valence-corrected chi connectivity index (χ4v) is 2.70. The summed E-state index contributed by atoms with van der Waals surface area (Å²) in [6, 6.07) is 17.3. The van der Waals surface area contributed by atoms with Gasteiger partial charge in [0.15, 0.2) is 0 Å². The SMILES string of the molecule is CC(C)c1ccc(CCC(C)(C)c2ccc(Cl)cc2)cc1. The average molecular weight is 301 g/mol. The van der Waals surface area contributed by atoms with Crippen molar-refractivity contribution >= 4 is 11.6 Å². The maximum absolute atomic E-state index is 5.98. The number of halogens is 1. The van der Waals surface area contributed by atoms with E-state index in [9.17, 15) is 0 Å². The van der Waals surface area contributed by atoms with Crippen LogP contribution in [-0.2, 0) is 11.8 Å². The molecule has 2 rings (SSSR count). The molecule has 0 heterocycles. The van der Waals surface area contributed by atoms with Crippen LogP contribution >= 0.6 is 11.6 Å². The van der Waals surface area contributed by atoms with Gasteiger partial charge >= 0.3 is 0 Å². The third kappa shape index (κ3) is 4.35. The first kappa shape index (κ1) is 16.1. The van der Waals surface area contributed by atoms with Crippen molar-refractivity contribution in [3.63, 3.8) is 0 Å². The summed E-state index contributed by atoms with van der Waals surface area (Å²) in [7, 11) is 0. The first-order valence-electron chi connectivity index (χ1n) is 7.73. The summed E-state index contributed by atoms with van der Waals surface area (Å²) in [6.07, 6.45) is 2.24. The summed E-state index contributed by atoms with van der Waals surface area (Å²) in [5, 5.41) is 0.804. The Morgan fingerprint density at radius 3 is 2.00 bits per heavy atom. The van der Waals surface area contributed by atoms with Gasteiger partial charge in [-0.25, -0.2) is 0 Å². The monoisotopic (exact) mass is 300 g/mol. The second kappa shape index (κ2) is 6.66. The molecule has 0 amide bonds. The second-order valence-electron chi connectivity index (χ2n) is 6.79. The quantitative estimate of drug-likeness (QED) is 0.601. The first-order valence-corrected chi connectivity index (χ1v) is 8.11. The van der Waals surface area contributed by atoms with Gasteiger partial charge in [-0.15, -0.1) is 0 Å². The van der Waals surface area contributed by atoms with Gasteiger partial charge in [0.2, 0.25) is 0 Å². The molecule has 0 nitrogen and oxygen atoms in total. The van der Waals surface area contributed by atoms with Crippen molar-refractivity contribution in [2.75, 3.05) is 0 Å². The zero-order chi connectivity index (χ0) is 15.5. The molecular weight excluding hydrogens is 276 g/mol. The molecule has 2 aromatic carbocycles. The van der Waals surface area contributed by atoms with E-state index in [2.05, 4.69) is 64.1 Å². The molecule has 0 saturated heterocycles. The third-order valence-electron chi connectivity index (χ3n) is 4.31. The second-order valence-corrected chi connectivity index (χ2v) is 7.22. The Labute approximate surface area is 134 Å². The minimum atomic E-state index is 0.168. The topological polar surface area (TPSA) is 0 Å². The number of rotatable bonds is 5. The van der Waals surface area contributed by atoms with Gasteiger partial charge in [0.1, 0.15) is 0 Å². The van der Waals surface area contributed by atoms with Crippen molar-refractivity contribution in [3.05, 3.63) is 70.2 Å². The lowest BCUT2D eigenvalue weighted by molar-refractivity contribution is 0.480. The molecule has 0 saturated carbocycles. The fourth-order valence-electron chi connectivity index (χ4n) is 2.57. The molecule has 0 unspecified atom stereocenters. The summed E-state index contributed by atoms with van der Waals surface area (Å²) < 4.78 is 0. The van der Waals surface area contributed by atoms with E-state index >= 15 is 0 Å². The van der Waals surface area contributed by atoms with Crippen LogP contribution < -0.4 is 0 Å². The van der Waals surface area contributed by atoms with Crippen LogP contribution in [0.5, 0.6) is 0 Å². The maximum Gasteiger partial charge on any atom is 0.0406 e. The number of hydrogen-bond acceptors (Lipinski definition) is 0. The van der Waals surface area contributed by atoms with Crippen molar-refractivity contribution < 1.29 is 0 Å². The normalized spacial score (nSPS) is 11.9. The zero-order valence-corrected chi connectivity index (χ0v) is 14.2. The van der Waals surface area contributed by atoms with Crippen LogP contribution in [0.15, 0.2) is 48.5 Å². The minimum absolute atomic E-state index is 0.168. The van der Waals surface area contributed by atoms with Crippen LogP contribution in [0.3, 0.4) is 0 Å². The fraction of sp³-hybridized carbons (Fsp3) is 0.400. The molecule has 21 heavy (non-hydrogen) atoms. The van der Waals surface area contributed by atoms with Crippen LogP contribution in [0, 0.1) is 0 Å². The summed E-state index contributed by atoms with van der Waals surface area (Å²) >= 11 is 5.98. The standard InChI is InChI=1S/C20H25Cl/c1-15(2)17-7-5-16(6-8-17)13-14-20(3,4)18-9-11-19(21)12-10-18/h5-12,15H,13-14H2,1-4H3. The van der Waals surface area contributed by atoms with E-state index in [0.717, 1.165) is 17.9 Å². The number of hydrogen-bond donors (Lipinski definition) is 0. The Morgan fingerprint density at radius 1 is 0.905 bits per heavy atom. The first-order chi connectivity index (χ1) is 9.88. The van der Waals surface area contributed by atoms with Gasteiger partial charge in [-0.05, 0) is 53.0 Å². The average Bonchev–Trinajstić information content (AvgIpc) is 2.46. The molecule has 0 bridgehead atoms. The van der Waals surface area contributed by atoms with Crippen LogP contribution in [0.2, 0.25) is 5.02 Å². The van der Waals surface area contributed by atoms with Crippen molar-refractivity contribution in [1.29, 1.82) is 0 Å². The van der Waals surface area contributed by atoms with Crippen molar-refractivity contribution in [2.45, 2.75) is 51.9 Å². The Hall–Kier alpha value is -1.27. The minimum Gasteiger partial charge on any atom is -0.0843 e. The van der Waals surface area contributed by atoms with Gasteiger partial charge in [0.25, 0.3) is 0 Å². The highest BCUT2D eigenvalue weighted by molar-refractivity contribution is 6.30. The largest absolute Gasteiger partial charge is 0.0843 e. The Balaban J connectivity index is 2.02. The molecule has 0 aliphatic carbocycles. The van der Waals surface area contributed by atoms with E-state index in [0.29, 0.717) is 5.92 Å². The van der Waals surface area contributed by atoms with Gasteiger partial charge in [0, 0.05) is 5.02 Å². The van der Waals surface area contributed by atoms with Gasteiger partial charge in [-0.3, -0.25) is 0 Å². The van der Waals surface area contributed by atoms with Crippen molar-refractivity contribution in [3.8, 4) is 0 Å². The van der Waals surface area contributed by atoms with E-state index in [1.807, 2.05) is 12.1 Å². The summed E-state index contributed by atoms with van der Waals surface area (Å²) in [6.45, 7) is 9.08. The highest BCUT2D eigenvalue weighted by atomic mass is 35.5. The highest BCUT2D eigenvalue weighted by Crippen LogP contribution is 2.29. The molecule has 0 aliphatic rings. The lowest BCUT2D eigenvalue weighted by Gasteiger charge is -2.25. The Bertz CT molecular complexity index is 562. The molecule has 0 aromatic heterocycles. The lowest BCUT2D eigenvalue weighted by atomic mass is 9.79. The molecule has 1 heteroatoms. The van der Waals surface area contributed by atoms with E-state index in [1.165, 1.54) is 16.7 Å². The predicted molar refractivity (Wildman–Crippen MR) is 93.3 cm³/mol. The predicted octanol–water partition coefficient (Wildman–Crippen LogP) is 6.37. The molecule has 0 atom stereocenters. The van der Waals surface area contributed by atoms with Gasteiger partial charge < -0.3 is 0 Å². The van der Waals surface area contributed by atoms with E-state index < -0.39 is 0 Å². The molecule has 0 spiro atoms. The van der Waals surface area contributed by atoms with Crippen molar-refractivity contribution in [1.82, 2.24) is 0 Å². The summed E-state index contributed by atoms with van der Waals surface area (Å²) in [5.74, 6) is 0.601. The van der Waals surface area contributed by atoms with E-state index in [-0.39, 0.29) is 5.41 Å². The third-order valence-corrected chi connectivity index (χ3v) is 4.56. The molecule has 0 radical (unpaired) electrons. The Kier molecular flexibility index (Phi) is 5.11. The smallest absolute Gasteiger partial charge is 0.0406 e. The van der Waals surface area contributed by atoms with Crippen LogP contribution in [0.25, 0.3) is 0 Å². The molecule has 112 valence electrons. The van der Waals surface area contributed by atoms with Gasteiger partial charge in [-0.2, -0.15) is 0 Å². The highest BCUT2D eigenvalue weighted by Gasteiger charge is 2.20. The summed E-state index contributed by atoms with van der Waals surface area (Å²) in [5.41, 5.74) is 4.35. The van der Waals surface area contributed by atoms with E-state index in [4.69, 9.17) is 11.6 Å². The van der Waals surface area contributed by atoms with Crippen LogP contribution in [0.4, 0.5) is 0 Å². The Morgan fingerprint density at radius 2 is 1.48 bits per heavy atom. The number of aryl methyl sites for hydroxylation is 1. The van der Waals surface area contributed by atoms with Crippen LogP contribution in [-0.4, -0.2) is 0 Å². The number of benzene rings is 2. The van der Waals surface area contributed by atoms with Crippen LogP contribution in [0.1, 0.15) is 56.7 Å². The van der Waals surface area contributed by atoms with Gasteiger partial charge in [0.05, 0.1) is 0 Å². The molecule has 0 aliphatic heterocycles. The lowest BCUT2D eigenvalue weighted by Crippen LogP contribution is -2.18. The van der Waals surface area contributed by atoms with E-state index in [1.54, 1.807) is 0 Å². The summed E-state index contributed by atoms with van der Waals surface area (Å²) in [4.78, 5) is 0. The van der Waals surface area contributed by atoms with Crippen molar-refractivity contribution in [2.24, 2.45) is 0 Å².